The van der Waals surface area contributed by atoms with Gasteiger partial charge < -0.3 is 10.6 Å². The van der Waals surface area contributed by atoms with Gasteiger partial charge in [0, 0.05) is 13.6 Å². The Morgan fingerprint density at radius 2 is 2.14 bits per heavy atom. The normalized spacial score (nSPS) is 9.21. The molecule has 0 aromatic heterocycles. The average molecular weight is 189 g/mol. The monoisotopic (exact) mass is 189 g/mol. The van der Waals surface area contributed by atoms with E-state index in [4.69, 9.17) is 5.26 Å². The molecule has 0 spiro atoms. The van der Waals surface area contributed by atoms with Crippen molar-refractivity contribution >= 4 is 11.4 Å². The Morgan fingerprint density at radius 3 is 2.71 bits per heavy atom. The van der Waals surface area contributed by atoms with Crippen molar-refractivity contribution in [1.29, 1.82) is 5.26 Å². The third-order valence-corrected chi connectivity index (χ3v) is 1.98. The minimum Gasteiger partial charge on any atom is -0.386 e. The van der Waals surface area contributed by atoms with Gasteiger partial charge in [0.05, 0.1) is 23.0 Å². The predicted octanol–water partition coefficient (Wildman–Crippen LogP) is 2.42. The van der Waals surface area contributed by atoms with Crippen molar-refractivity contribution in [1.82, 2.24) is 0 Å². The number of hydrogen-bond acceptors (Lipinski definition) is 3. The molecule has 1 aromatic carbocycles. The van der Waals surface area contributed by atoms with Crippen LogP contribution in [0, 0.1) is 11.3 Å². The number of benzene rings is 1. The lowest BCUT2D eigenvalue weighted by Crippen LogP contribution is -2.03. The summed E-state index contributed by atoms with van der Waals surface area (Å²) in [6.07, 6.45) is 1.09. The predicted molar refractivity (Wildman–Crippen MR) is 59.5 cm³/mol. The summed E-state index contributed by atoms with van der Waals surface area (Å²) in [6, 6.07) is 7.71. The van der Waals surface area contributed by atoms with Crippen LogP contribution in [0.4, 0.5) is 11.4 Å². The van der Waals surface area contributed by atoms with Crippen molar-refractivity contribution in [2.24, 2.45) is 0 Å². The highest BCUT2D eigenvalue weighted by atomic mass is 14.9. The molecule has 1 aromatic rings. The van der Waals surface area contributed by atoms with Crippen molar-refractivity contribution < 1.29 is 0 Å². The molecule has 0 radical (unpaired) electrons. The Balaban J connectivity index is 2.89. The molecule has 14 heavy (non-hydrogen) atoms. The van der Waals surface area contributed by atoms with E-state index in [0.717, 1.165) is 24.3 Å². The molecular formula is C11H15N3. The highest BCUT2D eigenvalue weighted by molar-refractivity contribution is 5.70. The summed E-state index contributed by atoms with van der Waals surface area (Å²) >= 11 is 0. The number of rotatable bonds is 4. The zero-order valence-corrected chi connectivity index (χ0v) is 8.59. The maximum Gasteiger partial charge on any atom is 0.0992 e. The Labute approximate surface area is 84.7 Å². The van der Waals surface area contributed by atoms with Crippen LogP contribution < -0.4 is 10.6 Å². The molecule has 3 heteroatoms. The molecule has 0 fully saturated rings. The largest absolute Gasteiger partial charge is 0.386 e. The fourth-order valence-corrected chi connectivity index (χ4v) is 1.23. The minimum absolute atomic E-state index is 0.677. The van der Waals surface area contributed by atoms with E-state index in [1.807, 2.05) is 25.2 Å². The first-order chi connectivity index (χ1) is 6.81. The molecule has 0 aliphatic rings. The van der Waals surface area contributed by atoms with Gasteiger partial charge in [-0.15, -0.1) is 0 Å². The molecule has 2 N–H and O–H groups in total. The zero-order chi connectivity index (χ0) is 10.4. The van der Waals surface area contributed by atoms with Gasteiger partial charge in [-0.25, -0.2) is 0 Å². The fraction of sp³-hybridized carbons (Fsp3) is 0.364. The Bertz CT molecular complexity index is 339. The summed E-state index contributed by atoms with van der Waals surface area (Å²) in [7, 11) is 1.85. The van der Waals surface area contributed by atoms with Gasteiger partial charge in [-0.1, -0.05) is 6.92 Å². The maximum atomic E-state index is 8.73. The second-order valence-corrected chi connectivity index (χ2v) is 3.05. The minimum atomic E-state index is 0.677. The second kappa shape index (κ2) is 5.13. The van der Waals surface area contributed by atoms with E-state index in [2.05, 4.69) is 23.6 Å². The van der Waals surface area contributed by atoms with Crippen molar-refractivity contribution in [3.8, 4) is 6.07 Å². The standard InChI is InChI=1S/C11H15N3/c1-3-6-14-10-5-4-9(8-12)7-11(10)13-2/h4-5,7,13-14H,3,6H2,1-2H3. The molecule has 0 aliphatic heterocycles. The molecule has 0 aliphatic carbocycles. The van der Waals surface area contributed by atoms with Crippen molar-refractivity contribution in [2.75, 3.05) is 24.2 Å². The highest BCUT2D eigenvalue weighted by Crippen LogP contribution is 2.22. The van der Waals surface area contributed by atoms with Crippen LogP contribution >= 0.6 is 0 Å². The molecule has 0 bridgehead atoms. The number of nitrogens with zero attached hydrogens (tertiary/aromatic N) is 1. The summed E-state index contributed by atoms with van der Waals surface area (Å²) in [5, 5.41) is 15.1. The van der Waals surface area contributed by atoms with Gasteiger partial charge in [-0.3, -0.25) is 0 Å². The van der Waals surface area contributed by atoms with Crippen LogP contribution in [-0.4, -0.2) is 13.6 Å². The van der Waals surface area contributed by atoms with E-state index >= 15 is 0 Å². The van der Waals surface area contributed by atoms with Gasteiger partial charge in [0.2, 0.25) is 0 Å². The number of anilines is 2. The molecular weight excluding hydrogens is 174 g/mol. The van der Waals surface area contributed by atoms with E-state index in [1.54, 1.807) is 0 Å². The van der Waals surface area contributed by atoms with Crippen LogP contribution in [-0.2, 0) is 0 Å². The number of nitriles is 1. The smallest absolute Gasteiger partial charge is 0.0992 e. The third kappa shape index (κ3) is 2.40. The second-order valence-electron chi connectivity index (χ2n) is 3.05. The lowest BCUT2D eigenvalue weighted by Gasteiger charge is -2.10. The Kier molecular flexibility index (Phi) is 3.81. The third-order valence-electron chi connectivity index (χ3n) is 1.98. The van der Waals surface area contributed by atoms with Gasteiger partial charge in [-0.2, -0.15) is 5.26 Å². The average Bonchev–Trinajstić information content (AvgIpc) is 2.26. The molecule has 0 saturated carbocycles. The van der Waals surface area contributed by atoms with Gasteiger partial charge in [0.1, 0.15) is 0 Å². The van der Waals surface area contributed by atoms with Gasteiger partial charge >= 0.3 is 0 Å². The SMILES string of the molecule is CCCNc1ccc(C#N)cc1NC. The maximum absolute atomic E-state index is 8.73. The molecule has 0 saturated heterocycles. The number of hydrogen-bond donors (Lipinski definition) is 2. The van der Waals surface area contributed by atoms with E-state index < -0.39 is 0 Å². The number of nitrogens with one attached hydrogen (secondary N) is 2. The topological polar surface area (TPSA) is 47.9 Å². The first-order valence-electron chi connectivity index (χ1n) is 4.77. The van der Waals surface area contributed by atoms with Crippen LogP contribution in [0.2, 0.25) is 0 Å². The van der Waals surface area contributed by atoms with Crippen LogP contribution in [0.15, 0.2) is 18.2 Å². The summed E-state index contributed by atoms with van der Waals surface area (Å²) in [6.45, 7) is 3.07. The lowest BCUT2D eigenvalue weighted by molar-refractivity contribution is 0.980. The Morgan fingerprint density at radius 1 is 1.36 bits per heavy atom. The molecule has 0 heterocycles. The summed E-state index contributed by atoms with van der Waals surface area (Å²) in [5.41, 5.74) is 2.70. The van der Waals surface area contributed by atoms with Gasteiger partial charge in [0.15, 0.2) is 0 Å². The van der Waals surface area contributed by atoms with E-state index in [-0.39, 0.29) is 0 Å². The van der Waals surface area contributed by atoms with Crippen molar-refractivity contribution in [3.05, 3.63) is 23.8 Å². The molecule has 1 rings (SSSR count). The van der Waals surface area contributed by atoms with Crippen molar-refractivity contribution in [3.63, 3.8) is 0 Å². The fourth-order valence-electron chi connectivity index (χ4n) is 1.23. The summed E-state index contributed by atoms with van der Waals surface area (Å²) < 4.78 is 0. The highest BCUT2D eigenvalue weighted by Gasteiger charge is 2.00. The first kappa shape index (κ1) is 10.4. The van der Waals surface area contributed by atoms with E-state index in [0.29, 0.717) is 5.56 Å². The molecule has 0 atom stereocenters. The Hall–Kier alpha value is -1.69. The van der Waals surface area contributed by atoms with Crippen molar-refractivity contribution in [2.45, 2.75) is 13.3 Å². The molecule has 3 nitrogen and oxygen atoms in total. The van der Waals surface area contributed by atoms with Gasteiger partial charge in [-0.05, 0) is 24.6 Å². The van der Waals surface area contributed by atoms with E-state index in [1.165, 1.54) is 0 Å². The van der Waals surface area contributed by atoms with Crippen LogP contribution in [0.25, 0.3) is 0 Å². The van der Waals surface area contributed by atoms with Gasteiger partial charge in [0.25, 0.3) is 0 Å². The quantitative estimate of drug-likeness (QED) is 0.764. The first-order valence-corrected chi connectivity index (χ1v) is 4.77. The zero-order valence-electron chi connectivity index (χ0n) is 8.59. The summed E-state index contributed by atoms with van der Waals surface area (Å²) in [5.74, 6) is 0. The van der Waals surface area contributed by atoms with Crippen LogP contribution in [0.5, 0.6) is 0 Å². The van der Waals surface area contributed by atoms with Crippen LogP contribution in [0.3, 0.4) is 0 Å². The lowest BCUT2D eigenvalue weighted by atomic mass is 10.2. The molecule has 0 amide bonds. The van der Waals surface area contributed by atoms with Crippen LogP contribution in [0.1, 0.15) is 18.9 Å². The van der Waals surface area contributed by atoms with E-state index in [9.17, 15) is 0 Å². The summed E-state index contributed by atoms with van der Waals surface area (Å²) in [4.78, 5) is 0. The molecule has 0 unspecified atom stereocenters. The molecule has 74 valence electrons.